The van der Waals surface area contributed by atoms with Crippen molar-refractivity contribution in [2.45, 2.75) is 26.2 Å². The lowest BCUT2D eigenvalue weighted by molar-refractivity contribution is 0.0992. The third-order valence-corrected chi connectivity index (χ3v) is 3.15. The Balaban J connectivity index is 2.11. The largest absolute Gasteiger partial charge is 0.481 e. The van der Waals surface area contributed by atoms with E-state index in [4.69, 9.17) is 4.74 Å². The second-order valence-electron chi connectivity index (χ2n) is 4.93. The lowest BCUT2D eigenvalue weighted by atomic mass is 9.99. The first-order valence-electron chi connectivity index (χ1n) is 6.58. The molecule has 20 heavy (non-hydrogen) atoms. The minimum absolute atomic E-state index is 0.0426. The lowest BCUT2D eigenvalue weighted by Gasteiger charge is -2.06. The Morgan fingerprint density at radius 1 is 1.20 bits per heavy atom. The van der Waals surface area contributed by atoms with E-state index in [0.717, 1.165) is 0 Å². The third-order valence-electron chi connectivity index (χ3n) is 3.15. The van der Waals surface area contributed by atoms with Gasteiger partial charge in [-0.1, -0.05) is 38.1 Å². The number of benzene rings is 1. The van der Waals surface area contributed by atoms with Gasteiger partial charge in [0.05, 0.1) is 19.2 Å². The molecule has 0 atom stereocenters. The Kier molecular flexibility index (Phi) is 4.45. The van der Waals surface area contributed by atoms with Crippen LogP contribution in [0.25, 0.3) is 0 Å². The monoisotopic (exact) mass is 270 g/mol. The van der Waals surface area contributed by atoms with E-state index < -0.39 is 0 Å². The van der Waals surface area contributed by atoms with E-state index in [1.54, 1.807) is 13.2 Å². The predicted octanol–water partition coefficient (Wildman–Crippen LogP) is 3.03. The summed E-state index contributed by atoms with van der Waals surface area (Å²) in [6.07, 6.45) is 1.66. The number of rotatable bonds is 5. The van der Waals surface area contributed by atoms with E-state index in [1.807, 2.05) is 24.3 Å². The molecule has 4 heteroatoms. The molecule has 0 radical (unpaired) electrons. The Morgan fingerprint density at radius 3 is 2.50 bits per heavy atom. The van der Waals surface area contributed by atoms with E-state index >= 15 is 0 Å². The molecule has 0 aliphatic carbocycles. The van der Waals surface area contributed by atoms with Crippen molar-refractivity contribution in [3.05, 3.63) is 53.5 Å². The first-order chi connectivity index (χ1) is 9.60. The van der Waals surface area contributed by atoms with Crippen LogP contribution >= 0.6 is 0 Å². The number of carbonyl (C=O) groups excluding carboxylic acids is 1. The topological polar surface area (TPSA) is 52.1 Å². The second kappa shape index (κ2) is 6.28. The molecule has 0 N–H and O–H groups in total. The summed E-state index contributed by atoms with van der Waals surface area (Å²) in [7, 11) is 1.54. The van der Waals surface area contributed by atoms with Gasteiger partial charge in [-0.2, -0.15) is 0 Å². The average Bonchev–Trinajstić information content (AvgIpc) is 2.47. The zero-order valence-electron chi connectivity index (χ0n) is 12.0. The van der Waals surface area contributed by atoms with Gasteiger partial charge in [0.1, 0.15) is 6.33 Å². The molecule has 0 spiro atoms. The number of hydrogen-bond donors (Lipinski definition) is 0. The van der Waals surface area contributed by atoms with Crippen molar-refractivity contribution in [1.29, 1.82) is 0 Å². The van der Waals surface area contributed by atoms with Crippen molar-refractivity contribution in [3.63, 3.8) is 0 Å². The van der Waals surface area contributed by atoms with Gasteiger partial charge in [-0.15, -0.1) is 0 Å². The molecule has 1 heterocycles. The van der Waals surface area contributed by atoms with Crippen LogP contribution in [0.5, 0.6) is 5.88 Å². The van der Waals surface area contributed by atoms with Crippen LogP contribution in [0.15, 0.2) is 36.7 Å². The maximum absolute atomic E-state index is 12.2. The molecule has 0 saturated heterocycles. The van der Waals surface area contributed by atoms with Crippen LogP contribution < -0.4 is 4.74 Å². The van der Waals surface area contributed by atoms with Gasteiger partial charge in [0.15, 0.2) is 5.78 Å². The zero-order chi connectivity index (χ0) is 14.5. The van der Waals surface area contributed by atoms with Crippen molar-refractivity contribution in [2.75, 3.05) is 7.11 Å². The number of ether oxygens (including phenoxy) is 1. The summed E-state index contributed by atoms with van der Waals surface area (Å²) in [5.41, 5.74) is 2.59. The van der Waals surface area contributed by atoms with Gasteiger partial charge in [0.25, 0.3) is 0 Å². The fourth-order valence-electron chi connectivity index (χ4n) is 1.91. The van der Waals surface area contributed by atoms with E-state index in [0.29, 0.717) is 23.1 Å². The lowest BCUT2D eigenvalue weighted by Crippen LogP contribution is -2.06. The molecule has 4 nitrogen and oxygen atoms in total. The first-order valence-corrected chi connectivity index (χ1v) is 6.58. The molecule has 0 fully saturated rings. The minimum atomic E-state index is 0.0426. The van der Waals surface area contributed by atoms with Gasteiger partial charge >= 0.3 is 0 Å². The van der Waals surface area contributed by atoms with Crippen LogP contribution in [0.2, 0.25) is 0 Å². The summed E-state index contributed by atoms with van der Waals surface area (Å²) < 4.78 is 5.02. The molecular formula is C16H18N2O2. The quantitative estimate of drug-likeness (QED) is 0.784. The second-order valence-corrected chi connectivity index (χ2v) is 4.93. The summed E-state index contributed by atoms with van der Waals surface area (Å²) >= 11 is 0. The Bertz CT molecular complexity index is 592. The summed E-state index contributed by atoms with van der Waals surface area (Å²) in [6, 6.07) is 9.42. The van der Waals surface area contributed by atoms with Crippen LogP contribution in [0.1, 0.15) is 41.4 Å². The standard InChI is InChI=1S/C16H18N2O2/c1-11(2)12-4-6-13(7-5-12)15(19)8-14-9-16(20-3)18-10-17-14/h4-7,9-11H,8H2,1-3H3. The van der Waals surface area contributed by atoms with E-state index in [1.165, 1.54) is 11.9 Å². The van der Waals surface area contributed by atoms with Crippen molar-refractivity contribution >= 4 is 5.78 Å². The van der Waals surface area contributed by atoms with Crippen molar-refractivity contribution in [3.8, 4) is 5.88 Å². The third kappa shape index (κ3) is 3.41. The molecule has 0 saturated carbocycles. The number of hydrogen-bond acceptors (Lipinski definition) is 4. The number of aromatic nitrogens is 2. The highest BCUT2D eigenvalue weighted by Crippen LogP contribution is 2.16. The zero-order valence-corrected chi connectivity index (χ0v) is 12.0. The summed E-state index contributed by atoms with van der Waals surface area (Å²) in [6.45, 7) is 4.26. The molecule has 0 aliphatic rings. The van der Waals surface area contributed by atoms with Crippen LogP contribution in [-0.4, -0.2) is 22.9 Å². The molecule has 2 aromatic rings. The minimum Gasteiger partial charge on any atom is -0.481 e. The number of carbonyl (C=O) groups is 1. The molecule has 1 aromatic heterocycles. The number of ketones is 1. The Morgan fingerprint density at radius 2 is 1.90 bits per heavy atom. The highest BCUT2D eigenvalue weighted by Gasteiger charge is 2.09. The molecule has 0 unspecified atom stereocenters. The SMILES string of the molecule is COc1cc(CC(=O)c2ccc(C(C)C)cc2)ncn1. The number of methoxy groups -OCH3 is 1. The molecule has 0 amide bonds. The smallest absolute Gasteiger partial charge is 0.216 e. The molecule has 1 aromatic carbocycles. The maximum atomic E-state index is 12.2. The van der Waals surface area contributed by atoms with Gasteiger partial charge in [0.2, 0.25) is 5.88 Å². The molecule has 0 bridgehead atoms. The van der Waals surface area contributed by atoms with Crippen LogP contribution in [0.4, 0.5) is 0 Å². The molecule has 0 aliphatic heterocycles. The highest BCUT2D eigenvalue weighted by molar-refractivity contribution is 5.97. The fraction of sp³-hybridized carbons (Fsp3) is 0.312. The van der Waals surface area contributed by atoms with Crippen LogP contribution in [0.3, 0.4) is 0 Å². The normalized spacial score (nSPS) is 10.6. The summed E-state index contributed by atoms with van der Waals surface area (Å²) in [5.74, 6) is 0.976. The maximum Gasteiger partial charge on any atom is 0.216 e. The number of Topliss-reactive ketones (excluding diaryl/α,β-unsaturated/α-hetero) is 1. The predicted molar refractivity (Wildman–Crippen MR) is 77.1 cm³/mol. The van der Waals surface area contributed by atoms with E-state index in [-0.39, 0.29) is 12.2 Å². The van der Waals surface area contributed by atoms with Gasteiger partial charge < -0.3 is 4.74 Å². The van der Waals surface area contributed by atoms with Gasteiger partial charge in [-0.3, -0.25) is 4.79 Å². The molecular weight excluding hydrogens is 252 g/mol. The summed E-state index contributed by atoms with van der Waals surface area (Å²) in [5, 5.41) is 0. The van der Waals surface area contributed by atoms with Gasteiger partial charge in [-0.05, 0) is 11.5 Å². The highest BCUT2D eigenvalue weighted by atomic mass is 16.5. The Hall–Kier alpha value is -2.23. The van der Waals surface area contributed by atoms with Crippen molar-refractivity contribution in [1.82, 2.24) is 9.97 Å². The first kappa shape index (κ1) is 14.2. The summed E-state index contributed by atoms with van der Waals surface area (Å²) in [4.78, 5) is 20.2. The van der Waals surface area contributed by atoms with Crippen LogP contribution in [0, 0.1) is 0 Å². The molecule has 104 valence electrons. The number of nitrogens with zero attached hydrogens (tertiary/aromatic N) is 2. The van der Waals surface area contributed by atoms with Gasteiger partial charge in [-0.25, -0.2) is 9.97 Å². The molecule has 2 rings (SSSR count). The van der Waals surface area contributed by atoms with Crippen molar-refractivity contribution in [2.24, 2.45) is 0 Å². The fourth-order valence-corrected chi connectivity index (χ4v) is 1.91. The van der Waals surface area contributed by atoms with Crippen LogP contribution in [-0.2, 0) is 6.42 Å². The van der Waals surface area contributed by atoms with E-state index in [9.17, 15) is 4.79 Å². The van der Waals surface area contributed by atoms with Crippen molar-refractivity contribution < 1.29 is 9.53 Å². The average molecular weight is 270 g/mol. The Labute approximate surface area is 118 Å². The van der Waals surface area contributed by atoms with Gasteiger partial charge in [0, 0.05) is 11.6 Å². The van der Waals surface area contributed by atoms with E-state index in [2.05, 4.69) is 23.8 Å².